The third-order valence-electron chi connectivity index (χ3n) is 6.25. The van der Waals surface area contributed by atoms with Crippen LogP contribution in [0.2, 0.25) is 0 Å². The minimum absolute atomic E-state index is 0.173. The molecule has 7 heteroatoms. The van der Waals surface area contributed by atoms with Gasteiger partial charge in [0.1, 0.15) is 5.60 Å². The topological polar surface area (TPSA) is 56.3 Å². The molecule has 0 unspecified atom stereocenters. The number of rotatable bonds is 6. The maximum Gasteiger partial charge on any atom is 0.410 e. The molecule has 2 amide bonds. The lowest BCUT2D eigenvalue weighted by Gasteiger charge is -2.37. The second-order valence-corrected chi connectivity index (χ2v) is 8.27. The molecular formula is C19H34N4O3. The highest BCUT2D eigenvalue weighted by molar-refractivity contribution is 5.76. The zero-order valence-electron chi connectivity index (χ0n) is 16.6. The summed E-state index contributed by atoms with van der Waals surface area (Å²) in [6.07, 6.45) is 4.12. The van der Waals surface area contributed by atoms with Gasteiger partial charge in [-0.1, -0.05) is 6.92 Å². The number of likely N-dealkylation sites (N-methyl/N-ethyl adjacent to an activating group) is 1. The molecule has 3 aliphatic rings. The largest absolute Gasteiger partial charge is 0.441 e. The second kappa shape index (κ2) is 8.13. The standard InChI is InChI=1S/C19H34N4O3/c1-4-17(24)22-12-7-19(8-13-22)15-23(18(25)26-19)10-5-9-21-11-6-16(14-21)20(2)3/h16H,4-15H2,1-3H3/t16-/m1/s1. The maximum absolute atomic E-state index is 12.3. The molecule has 148 valence electrons. The first kappa shape index (κ1) is 19.4. The molecule has 3 rings (SSSR count). The zero-order chi connectivity index (χ0) is 18.7. The summed E-state index contributed by atoms with van der Waals surface area (Å²) in [5.41, 5.74) is -0.370. The fraction of sp³-hybridized carbons (Fsp3) is 0.895. The van der Waals surface area contributed by atoms with Crippen LogP contribution in [0.5, 0.6) is 0 Å². The number of carbonyl (C=O) groups is 2. The number of hydrogen-bond acceptors (Lipinski definition) is 5. The van der Waals surface area contributed by atoms with E-state index in [4.69, 9.17) is 4.74 Å². The number of nitrogens with zero attached hydrogens (tertiary/aromatic N) is 4. The Hall–Kier alpha value is -1.34. The SMILES string of the molecule is CCC(=O)N1CCC2(CC1)CN(CCCN1CC[C@@H](N(C)C)C1)C(=O)O2. The lowest BCUT2D eigenvalue weighted by molar-refractivity contribution is -0.134. The molecule has 0 saturated carbocycles. The minimum Gasteiger partial charge on any atom is -0.441 e. The smallest absolute Gasteiger partial charge is 0.410 e. The Morgan fingerprint density at radius 3 is 2.58 bits per heavy atom. The normalized spacial score (nSPS) is 26.2. The van der Waals surface area contributed by atoms with Gasteiger partial charge < -0.3 is 24.3 Å². The van der Waals surface area contributed by atoms with Crippen molar-refractivity contribution in [2.45, 2.75) is 50.7 Å². The molecule has 0 aliphatic carbocycles. The molecule has 3 fully saturated rings. The van der Waals surface area contributed by atoms with Crippen molar-refractivity contribution in [1.29, 1.82) is 0 Å². The van der Waals surface area contributed by atoms with Gasteiger partial charge in [-0.3, -0.25) is 4.79 Å². The van der Waals surface area contributed by atoms with Crippen LogP contribution in [0.25, 0.3) is 0 Å². The first-order valence-electron chi connectivity index (χ1n) is 10.1. The fourth-order valence-corrected chi connectivity index (χ4v) is 4.43. The van der Waals surface area contributed by atoms with Crippen LogP contribution in [0.15, 0.2) is 0 Å². The van der Waals surface area contributed by atoms with E-state index in [1.807, 2.05) is 16.7 Å². The molecular weight excluding hydrogens is 332 g/mol. The second-order valence-electron chi connectivity index (χ2n) is 8.27. The number of hydrogen-bond donors (Lipinski definition) is 0. The van der Waals surface area contributed by atoms with E-state index in [0.29, 0.717) is 32.1 Å². The lowest BCUT2D eigenvalue weighted by atomic mass is 9.91. The first-order valence-corrected chi connectivity index (χ1v) is 10.1. The molecule has 3 saturated heterocycles. The van der Waals surface area contributed by atoms with Crippen molar-refractivity contribution in [2.75, 3.05) is 59.9 Å². The summed E-state index contributed by atoms with van der Waals surface area (Å²) in [6.45, 7) is 8.06. The Kier molecular flexibility index (Phi) is 6.07. The summed E-state index contributed by atoms with van der Waals surface area (Å²) in [5.74, 6) is 0.197. The number of piperidine rings is 1. The van der Waals surface area contributed by atoms with Crippen LogP contribution >= 0.6 is 0 Å². The van der Waals surface area contributed by atoms with Gasteiger partial charge in [0.05, 0.1) is 6.54 Å². The van der Waals surface area contributed by atoms with Crippen LogP contribution in [0, 0.1) is 0 Å². The van der Waals surface area contributed by atoms with Crippen LogP contribution in [-0.2, 0) is 9.53 Å². The number of likely N-dealkylation sites (tertiary alicyclic amines) is 2. The van der Waals surface area contributed by atoms with E-state index < -0.39 is 0 Å². The van der Waals surface area contributed by atoms with Gasteiger partial charge in [-0.2, -0.15) is 0 Å². The third kappa shape index (κ3) is 4.31. The van der Waals surface area contributed by atoms with E-state index in [1.54, 1.807) is 0 Å². The molecule has 1 atom stereocenters. The van der Waals surface area contributed by atoms with Gasteiger partial charge in [0, 0.05) is 51.5 Å². The van der Waals surface area contributed by atoms with Gasteiger partial charge in [0.2, 0.25) is 5.91 Å². The van der Waals surface area contributed by atoms with Gasteiger partial charge in [0.25, 0.3) is 0 Å². The molecule has 3 heterocycles. The van der Waals surface area contributed by atoms with E-state index in [-0.39, 0.29) is 17.6 Å². The van der Waals surface area contributed by atoms with E-state index in [0.717, 1.165) is 45.4 Å². The zero-order valence-corrected chi connectivity index (χ0v) is 16.6. The Labute approximate surface area is 157 Å². The summed E-state index contributed by atoms with van der Waals surface area (Å²) in [5, 5.41) is 0. The Balaban J connectivity index is 1.41. The summed E-state index contributed by atoms with van der Waals surface area (Å²) in [6, 6.07) is 0.658. The highest BCUT2D eigenvalue weighted by Gasteiger charge is 2.47. The van der Waals surface area contributed by atoms with Crippen LogP contribution in [-0.4, -0.2) is 103 Å². The molecule has 0 bridgehead atoms. The number of carbonyl (C=O) groups excluding carboxylic acids is 2. The summed E-state index contributed by atoms with van der Waals surface area (Å²) >= 11 is 0. The van der Waals surface area contributed by atoms with E-state index in [1.165, 1.54) is 6.42 Å². The van der Waals surface area contributed by atoms with Crippen LogP contribution < -0.4 is 0 Å². The Morgan fingerprint density at radius 1 is 1.23 bits per heavy atom. The monoisotopic (exact) mass is 366 g/mol. The number of ether oxygens (including phenoxy) is 1. The summed E-state index contributed by atoms with van der Waals surface area (Å²) < 4.78 is 5.76. The molecule has 0 aromatic rings. The summed E-state index contributed by atoms with van der Waals surface area (Å²) in [4.78, 5) is 32.7. The molecule has 0 aromatic heterocycles. The summed E-state index contributed by atoms with van der Waals surface area (Å²) in [7, 11) is 4.29. The Bertz CT molecular complexity index is 517. The fourth-order valence-electron chi connectivity index (χ4n) is 4.43. The van der Waals surface area contributed by atoms with E-state index in [2.05, 4.69) is 23.9 Å². The van der Waals surface area contributed by atoms with Crippen LogP contribution in [0.4, 0.5) is 4.79 Å². The quantitative estimate of drug-likeness (QED) is 0.708. The van der Waals surface area contributed by atoms with Crippen molar-refractivity contribution in [2.24, 2.45) is 0 Å². The molecule has 0 aromatic carbocycles. The average Bonchev–Trinajstić information content (AvgIpc) is 3.21. The molecule has 7 nitrogen and oxygen atoms in total. The van der Waals surface area contributed by atoms with Gasteiger partial charge in [-0.25, -0.2) is 4.79 Å². The molecule has 0 radical (unpaired) electrons. The lowest BCUT2D eigenvalue weighted by Crippen LogP contribution is -2.48. The van der Waals surface area contributed by atoms with Gasteiger partial charge in [-0.15, -0.1) is 0 Å². The highest BCUT2D eigenvalue weighted by Crippen LogP contribution is 2.33. The van der Waals surface area contributed by atoms with Crippen molar-refractivity contribution in [3.05, 3.63) is 0 Å². The first-order chi connectivity index (χ1) is 12.4. The van der Waals surface area contributed by atoms with Crippen LogP contribution in [0.3, 0.4) is 0 Å². The van der Waals surface area contributed by atoms with Crippen molar-refractivity contribution in [3.8, 4) is 0 Å². The predicted molar refractivity (Wildman–Crippen MR) is 100 cm³/mol. The van der Waals surface area contributed by atoms with Crippen molar-refractivity contribution < 1.29 is 14.3 Å². The number of amides is 2. The van der Waals surface area contributed by atoms with E-state index in [9.17, 15) is 9.59 Å². The third-order valence-corrected chi connectivity index (χ3v) is 6.25. The molecule has 3 aliphatic heterocycles. The average molecular weight is 367 g/mol. The van der Waals surface area contributed by atoms with Crippen LogP contribution in [0.1, 0.15) is 39.0 Å². The molecule has 0 N–H and O–H groups in total. The highest BCUT2D eigenvalue weighted by atomic mass is 16.6. The Morgan fingerprint density at radius 2 is 1.96 bits per heavy atom. The van der Waals surface area contributed by atoms with Gasteiger partial charge in [0.15, 0.2) is 0 Å². The van der Waals surface area contributed by atoms with Crippen molar-refractivity contribution in [3.63, 3.8) is 0 Å². The maximum atomic E-state index is 12.3. The molecule has 1 spiro atoms. The van der Waals surface area contributed by atoms with Gasteiger partial charge >= 0.3 is 6.09 Å². The van der Waals surface area contributed by atoms with Gasteiger partial charge in [-0.05, 0) is 40.0 Å². The van der Waals surface area contributed by atoms with Crippen molar-refractivity contribution in [1.82, 2.24) is 19.6 Å². The predicted octanol–water partition coefficient (Wildman–Crippen LogP) is 1.24. The molecule has 26 heavy (non-hydrogen) atoms. The van der Waals surface area contributed by atoms with E-state index >= 15 is 0 Å². The minimum atomic E-state index is -0.370. The van der Waals surface area contributed by atoms with Crippen molar-refractivity contribution >= 4 is 12.0 Å².